The number of amides is 1. The van der Waals surface area contributed by atoms with Crippen molar-refractivity contribution in [3.05, 3.63) is 36.9 Å². The normalized spacial score (nSPS) is 15.9. The Hall–Kier alpha value is -0.950. The van der Waals surface area contributed by atoms with E-state index >= 15 is 0 Å². The lowest BCUT2D eigenvalue weighted by atomic mass is 10.2. The number of thiophene rings is 1. The van der Waals surface area contributed by atoms with Crippen LogP contribution in [0.4, 0.5) is 0 Å². The van der Waals surface area contributed by atoms with Crippen LogP contribution in [0.3, 0.4) is 0 Å². The summed E-state index contributed by atoms with van der Waals surface area (Å²) in [5.41, 5.74) is 0.879. The van der Waals surface area contributed by atoms with Crippen LogP contribution in [-0.4, -0.2) is 46.9 Å². The molecule has 0 atom stereocenters. The Kier molecular flexibility index (Phi) is 5.92. The quantitative estimate of drug-likeness (QED) is 0.780. The third-order valence-electron chi connectivity index (χ3n) is 4.17. The fourth-order valence-corrected chi connectivity index (χ4v) is 5.15. The number of thiazole rings is 1. The molecule has 2 aromatic rings. The summed E-state index contributed by atoms with van der Waals surface area (Å²) < 4.78 is 0.836. The van der Waals surface area contributed by atoms with E-state index in [2.05, 4.69) is 22.9 Å². The molecule has 0 aromatic carbocycles. The Balaban J connectivity index is 1.57. The molecule has 0 spiro atoms. The molecule has 3 rings (SSSR count). The monoisotopic (exact) mass is 383 g/mol. The number of carbonyl (C=O) groups is 1. The Bertz CT molecular complexity index is 705. The van der Waals surface area contributed by atoms with Crippen LogP contribution in [-0.2, 0) is 13.0 Å². The van der Waals surface area contributed by atoms with Gasteiger partial charge in [0.15, 0.2) is 0 Å². The zero-order valence-electron chi connectivity index (χ0n) is 14.0. The van der Waals surface area contributed by atoms with E-state index in [-0.39, 0.29) is 5.91 Å². The van der Waals surface area contributed by atoms with E-state index in [4.69, 9.17) is 11.6 Å². The molecule has 7 heteroatoms. The molecule has 24 heavy (non-hydrogen) atoms. The first kappa shape index (κ1) is 17.9. The number of nitrogens with zero attached hydrogens (tertiary/aromatic N) is 3. The zero-order valence-corrected chi connectivity index (χ0v) is 16.4. The number of hydrogen-bond acceptors (Lipinski definition) is 5. The van der Waals surface area contributed by atoms with E-state index in [9.17, 15) is 4.79 Å². The van der Waals surface area contributed by atoms with Gasteiger partial charge in [-0.25, -0.2) is 4.98 Å². The number of aromatic nitrogens is 1. The van der Waals surface area contributed by atoms with E-state index in [0.717, 1.165) is 65.5 Å². The van der Waals surface area contributed by atoms with Gasteiger partial charge in [0.05, 0.1) is 15.0 Å². The summed E-state index contributed by atoms with van der Waals surface area (Å²) in [6.45, 7) is 8.36. The molecule has 130 valence electrons. The van der Waals surface area contributed by atoms with Gasteiger partial charge in [-0.2, -0.15) is 0 Å². The zero-order chi connectivity index (χ0) is 17.1. The third-order valence-corrected chi connectivity index (χ3v) is 6.59. The fraction of sp³-hybridized carbons (Fsp3) is 0.529. The largest absolute Gasteiger partial charge is 0.335 e. The van der Waals surface area contributed by atoms with Crippen LogP contribution >= 0.6 is 34.3 Å². The third kappa shape index (κ3) is 4.17. The van der Waals surface area contributed by atoms with E-state index < -0.39 is 0 Å². The van der Waals surface area contributed by atoms with Crippen LogP contribution in [0.25, 0.3) is 0 Å². The molecule has 0 N–H and O–H groups in total. The summed E-state index contributed by atoms with van der Waals surface area (Å²) in [5, 5.41) is 1.08. The molecule has 0 aliphatic carbocycles. The molecule has 3 heterocycles. The van der Waals surface area contributed by atoms with Gasteiger partial charge in [0, 0.05) is 37.6 Å². The Labute approximate surface area is 156 Å². The van der Waals surface area contributed by atoms with Crippen LogP contribution in [0.2, 0.25) is 4.34 Å². The topological polar surface area (TPSA) is 36.4 Å². The number of rotatable bonds is 5. The van der Waals surface area contributed by atoms with Crippen LogP contribution in [0.1, 0.15) is 38.6 Å². The molecule has 4 nitrogen and oxygen atoms in total. The molecule has 0 radical (unpaired) electrons. The molecule has 1 fully saturated rings. The Morgan fingerprint density at radius 1 is 1.25 bits per heavy atom. The van der Waals surface area contributed by atoms with E-state index in [1.165, 1.54) is 4.88 Å². The van der Waals surface area contributed by atoms with Gasteiger partial charge >= 0.3 is 0 Å². The highest BCUT2D eigenvalue weighted by Crippen LogP contribution is 2.24. The highest BCUT2D eigenvalue weighted by atomic mass is 35.5. The maximum absolute atomic E-state index is 12.8. The maximum atomic E-state index is 12.8. The predicted octanol–water partition coefficient (Wildman–Crippen LogP) is 4.08. The summed E-state index contributed by atoms with van der Waals surface area (Å²) in [6, 6.07) is 4.03. The van der Waals surface area contributed by atoms with Crippen molar-refractivity contribution in [2.45, 2.75) is 33.2 Å². The number of halogens is 1. The fourth-order valence-electron chi connectivity index (χ4n) is 2.88. The van der Waals surface area contributed by atoms with Gasteiger partial charge in [0.2, 0.25) is 0 Å². The summed E-state index contributed by atoms with van der Waals surface area (Å²) in [6.07, 6.45) is 2.02. The predicted molar refractivity (Wildman–Crippen MR) is 101 cm³/mol. The summed E-state index contributed by atoms with van der Waals surface area (Å²) in [7, 11) is 0. The first-order valence-electron chi connectivity index (χ1n) is 8.29. The lowest BCUT2D eigenvalue weighted by Gasteiger charge is -2.34. The van der Waals surface area contributed by atoms with E-state index in [0.29, 0.717) is 0 Å². The molecule has 2 aromatic heterocycles. The number of piperazine rings is 1. The first-order chi connectivity index (χ1) is 11.6. The Morgan fingerprint density at radius 3 is 2.62 bits per heavy atom. The summed E-state index contributed by atoms with van der Waals surface area (Å²) in [5.74, 6) is 0.145. The maximum Gasteiger partial charge on any atom is 0.265 e. The minimum absolute atomic E-state index is 0.145. The van der Waals surface area contributed by atoms with Crippen molar-refractivity contribution in [2.75, 3.05) is 26.2 Å². The van der Waals surface area contributed by atoms with Crippen molar-refractivity contribution < 1.29 is 4.79 Å². The van der Waals surface area contributed by atoms with E-state index in [1.54, 1.807) is 22.7 Å². The summed E-state index contributed by atoms with van der Waals surface area (Å²) >= 11 is 9.19. The lowest BCUT2D eigenvalue weighted by Crippen LogP contribution is -2.48. The molecule has 0 bridgehead atoms. The van der Waals surface area contributed by atoms with Crippen molar-refractivity contribution in [1.82, 2.24) is 14.8 Å². The minimum atomic E-state index is 0.145. The van der Waals surface area contributed by atoms with Gasteiger partial charge < -0.3 is 4.90 Å². The van der Waals surface area contributed by atoms with Crippen molar-refractivity contribution >= 4 is 40.2 Å². The highest BCUT2D eigenvalue weighted by Gasteiger charge is 2.25. The van der Waals surface area contributed by atoms with E-state index in [1.807, 2.05) is 17.9 Å². The highest BCUT2D eigenvalue weighted by molar-refractivity contribution is 7.16. The second-order valence-corrected chi connectivity index (χ2v) is 8.93. The van der Waals surface area contributed by atoms with Crippen LogP contribution in [0.5, 0.6) is 0 Å². The average molecular weight is 384 g/mol. The molecule has 0 unspecified atom stereocenters. The first-order valence-corrected chi connectivity index (χ1v) is 10.3. The minimum Gasteiger partial charge on any atom is -0.335 e. The van der Waals surface area contributed by atoms with Crippen molar-refractivity contribution in [3.8, 4) is 0 Å². The van der Waals surface area contributed by atoms with Gasteiger partial charge in [0.1, 0.15) is 4.88 Å². The molecule has 1 amide bonds. The van der Waals surface area contributed by atoms with Gasteiger partial charge in [-0.1, -0.05) is 18.5 Å². The van der Waals surface area contributed by atoms with Crippen LogP contribution in [0, 0.1) is 6.92 Å². The number of aryl methyl sites for hydroxylation is 2. The van der Waals surface area contributed by atoms with Gasteiger partial charge in [-0.05, 0) is 31.9 Å². The Morgan fingerprint density at radius 2 is 2.00 bits per heavy atom. The molecular weight excluding hydrogens is 362 g/mol. The van der Waals surface area contributed by atoms with Crippen LogP contribution < -0.4 is 0 Å². The van der Waals surface area contributed by atoms with Gasteiger partial charge in [-0.15, -0.1) is 22.7 Å². The van der Waals surface area contributed by atoms with Crippen molar-refractivity contribution in [2.24, 2.45) is 0 Å². The summed E-state index contributed by atoms with van der Waals surface area (Å²) in [4.78, 5) is 23.8. The van der Waals surface area contributed by atoms with Crippen molar-refractivity contribution in [3.63, 3.8) is 0 Å². The average Bonchev–Trinajstić information content (AvgIpc) is 3.13. The molecule has 0 saturated carbocycles. The van der Waals surface area contributed by atoms with Gasteiger partial charge in [-0.3, -0.25) is 9.69 Å². The van der Waals surface area contributed by atoms with Crippen LogP contribution in [0.15, 0.2) is 12.1 Å². The number of carbonyl (C=O) groups excluding carboxylic acids is 1. The lowest BCUT2D eigenvalue weighted by molar-refractivity contribution is 0.0633. The molecular formula is C17H22ClN3OS2. The molecule has 1 aliphatic rings. The molecule has 1 aliphatic heterocycles. The SMILES string of the molecule is CCCc1nc(C)c(C(=O)N2CCN(Cc3ccc(Cl)s3)CC2)s1. The smallest absolute Gasteiger partial charge is 0.265 e. The second kappa shape index (κ2) is 7.95. The molecule has 1 saturated heterocycles. The standard InChI is InChI=1S/C17H22ClN3OS2/c1-3-4-15-19-12(2)16(24-15)17(22)21-9-7-20(8-10-21)11-13-5-6-14(18)23-13/h5-6H,3-4,7-11H2,1-2H3. The van der Waals surface area contributed by atoms with Gasteiger partial charge in [0.25, 0.3) is 5.91 Å². The van der Waals surface area contributed by atoms with Crippen molar-refractivity contribution in [1.29, 1.82) is 0 Å². The number of hydrogen-bond donors (Lipinski definition) is 0. The second-order valence-electron chi connectivity index (χ2n) is 6.05.